The number of nitrogens with zero attached hydrogens (tertiary/aromatic N) is 3. The van der Waals surface area contributed by atoms with Crippen LogP contribution in [0.25, 0.3) is 11.4 Å². The number of piperidine rings is 1. The largest absolute Gasteiger partial charge is 0.352 e. The number of hydrogen-bond acceptors (Lipinski definition) is 6. The predicted molar refractivity (Wildman–Crippen MR) is 126 cm³/mol. The van der Waals surface area contributed by atoms with Crippen molar-refractivity contribution in [1.29, 1.82) is 0 Å². The molecular weight excluding hydrogens is 452 g/mol. The van der Waals surface area contributed by atoms with Crippen molar-refractivity contribution < 1.29 is 17.7 Å². The first-order valence-corrected chi connectivity index (χ1v) is 13.1. The molecule has 1 saturated heterocycles. The molecule has 1 aromatic heterocycles. The molecule has 1 amide bonds. The van der Waals surface area contributed by atoms with E-state index in [1.807, 2.05) is 36.4 Å². The van der Waals surface area contributed by atoms with Crippen LogP contribution in [0.5, 0.6) is 0 Å². The van der Waals surface area contributed by atoms with E-state index in [1.54, 1.807) is 19.1 Å². The van der Waals surface area contributed by atoms with Gasteiger partial charge in [-0.2, -0.15) is 9.29 Å². The number of aromatic nitrogens is 2. The Morgan fingerprint density at radius 3 is 2.53 bits per heavy atom. The maximum Gasteiger partial charge on any atom is 0.243 e. The van der Waals surface area contributed by atoms with Gasteiger partial charge in [-0.3, -0.25) is 4.79 Å². The smallest absolute Gasteiger partial charge is 0.243 e. The molecule has 34 heavy (non-hydrogen) atoms. The van der Waals surface area contributed by atoms with Crippen LogP contribution < -0.4 is 5.32 Å². The molecule has 0 atom stereocenters. The lowest BCUT2D eigenvalue weighted by Crippen LogP contribution is -2.43. The molecule has 2 aliphatic rings. The number of amides is 1. The molecule has 1 saturated carbocycles. The van der Waals surface area contributed by atoms with E-state index in [1.165, 1.54) is 4.31 Å². The average molecular weight is 481 g/mol. The number of carbonyl (C=O) groups is 1. The van der Waals surface area contributed by atoms with Crippen LogP contribution >= 0.6 is 0 Å². The summed E-state index contributed by atoms with van der Waals surface area (Å²) in [4.78, 5) is 17.3. The van der Waals surface area contributed by atoms with Gasteiger partial charge < -0.3 is 9.84 Å². The van der Waals surface area contributed by atoms with E-state index < -0.39 is 10.0 Å². The summed E-state index contributed by atoms with van der Waals surface area (Å²) < 4.78 is 33.7. The van der Waals surface area contributed by atoms with Crippen LogP contribution in [0.1, 0.15) is 48.6 Å². The molecule has 2 heterocycles. The van der Waals surface area contributed by atoms with Gasteiger partial charge in [0.1, 0.15) is 0 Å². The van der Waals surface area contributed by atoms with Gasteiger partial charge in [0.2, 0.25) is 27.6 Å². The minimum absolute atomic E-state index is 0.0253. The molecule has 178 valence electrons. The fraction of sp³-hybridized carbons (Fsp3) is 0.400. The normalized spacial score (nSPS) is 17.6. The van der Waals surface area contributed by atoms with Crippen molar-refractivity contribution in [2.75, 3.05) is 13.1 Å². The summed E-state index contributed by atoms with van der Waals surface area (Å²) in [5.41, 5.74) is 2.32. The Morgan fingerprint density at radius 1 is 1.09 bits per heavy atom. The van der Waals surface area contributed by atoms with Crippen molar-refractivity contribution in [2.24, 2.45) is 5.92 Å². The van der Waals surface area contributed by atoms with Gasteiger partial charge in [0.05, 0.1) is 4.90 Å². The van der Waals surface area contributed by atoms with Crippen LogP contribution in [-0.2, 0) is 21.4 Å². The summed E-state index contributed by atoms with van der Waals surface area (Å²) in [6.07, 6.45) is 3.09. The number of benzene rings is 2. The summed E-state index contributed by atoms with van der Waals surface area (Å²) >= 11 is 0. The summed E-state index contributed by atoms with van der Waals surface area (Å²) in [5.74, 6) is 1.14. The van der Waals surface area contributed by atoms with E-state index in [0.717, 1.165) is 18.4 Å². The summed E-state index contributed by atoms with van der Waals surface area (Å²) in [5, 5.41) is 7.02. The van der Waals surface area contributed by atoms with Crippen LogP contribution in [0.3, 0.4) is 0 Å². The van der Waals surface area contributed by atoms with Crippen molar-refractivity contribution in [3.8, 4) is 11.4 Å². The second-order valence-corrected chi connectivity index (χ2v) is 11.0. The summed E-state index contributed by atoms with van der Waals surface area (Å²) in [6.45, 7) is 2.88. The second kappa shape index (κ2) is 9.31. The van der Waals surface area contributed by atoms with Gasteiger partial charge >= 0.3 is 0 Å². The number of rotatable bonds is 7. The molecule has 1 aliphatic heterocycles. The van der Waals surface area contributed by atoms with Gasteiger partial charge in [-0.05, 0) is 49.8 Å². The Kier molecular flexibility index (Phi) is 6.22. The van der Waals surface area contributed by atoms with Gasteiger partial charge in [-0.1, -0.05) is 47.6 Å². The highest BCUT2D eigenvalue weighted by Gasteiger charge is 2.34. The maximum absolute atomic E-state index is 13.5. The number of nitrogens with one attached hydrogen (secondary N) is 1. The van der Waals surface area contributed by atoms with E-state index >= 15 is 0 Å². The molecule has 0 radical (unpaired) electrons. The SMILES string of the molecule is Cc1ccc(-c2noc(C3CC3)n2)cc1S(=O)(=O)N1CCC(C(=O)NCc2ccccc2)CC1. The van der Waals surface area contributed by atoms with Gasteiger partial charge in [0, 0.05) is 37.0 Å². The van der Waals surface area contributed by atoms with Gasteiger partial charge in [-0.15, -0.1) is 0 Å². The molecule has 8 nitrogen and oxygen atoms in total. The molecule has 2 fully saturated rings. The number of carbonyl (C=O) groups excluding carboxylic acids is 1. The Hall–Kier alpha value is -3.04. The highest BCUT2D eigenvalue weighted by molar-refractivity contribution is 7.89. The third-order valence-corrected chi connectivity index (χ3v) is 8.61. The first-order valence-electron chi connectivity index (χ1n) is 11.7. The van der Waals surface area contributed by atoms with E-state index in [2.05, 4.69) is 15.5 Å². The Morgan fingerprint density at radius 2 is 1.82 bits per heavy atom. The zero-order valence-corrected chi connectivity index (χ0v) is 19.9. The molecule has 2 aromatic carbocycles. The van der Waals surface area contributed by atoms with Crippen LogP contribution in [0.2, 0.25) is 0 Å². The second-order valence-electron chi connectivity index (χ2n) is 9.09. The summed E-state index contributed by atoms with van der Waals surface area (Å²) in [6, 6.07) is 15.0. The molecule has 1 N–H and O–H groups in total. The Labute approximate surface area is 199 Å². The zero-order valence-electron chi connectivity index (χ0n) is 19.1. The topological polar surface area (TPSA) is 105 Å². The quantitative estimate of drug-likeness (QED) is 0.554. The minimum atomic E-state index is -3.71. The van der Waals surface area contributed by atoms with Crippen LogP contribution in [0, 0.1) is 12.8 Å². The standard InChI is InChI=1S/C25H28N4O4S/c1-17-7-8-21(23-27-25(33-28-23)20-9-10-20)15-22(17)34(31,32)29-13-11-19(12-14-29)24(30)26-16-18-5-3-2-4-6-18/h2-8,15,19-20H,9-14,16H2,1H3,(H,26,30). The van der Waals surface area contributed by atoms with E-state index in [9.17, 15) is 13.2 Å². The lowest BCUT2D eigenvalue weighted by atomic mass is 9.97. The summed E-state index contributed by atoms with van der Waals surface area (Å²) in [7, 11) is -3.71. The van der Waals surface area contributed by atoms with Gasteiger partial charge in [0.15, 0.2) is 0 Å². The first kappa shape index (κ1) is 22.7. The van der Waals surface area contributed by atoms with Crippen molar-refractivity contribution in [2.45, 2.75) is 50.0 Å². The molecule has 5 rings (SSSR count). The van der Waals surface area contributed by atoms with Crippen LogP contribution in [0.4, 0.5) is 0 Å². The van der Waals surface area contributed by atoms with Gasteiger partial charge in [-0.25, -0.2) is 8.42 Å². The van der Waals surface area contributed by atoms with Crippen LogP contribution in [-0.4, -0.2) is 41.9 Å². The Balaban J connectivity index is 1.25. The lowest BCUT2D eigenvalue weighted by Gasteiger charge is -2.31. The number of sulfonamides is 1. The highest BCUT2D eigenvalue weighted by Crippen LogP contribution is 2.39. The first-order chi connectivity index (χ1) is 16.4. The molecule has 3 aromatic rings. The van der Waals surface area contributed by atoms with E-state index in [4.69, 9.17) is 4.52 Å². The van der Waals surface area contributed by atoms with Crippen molar-refractivity contribution in [3.63, 3.8) is 0 Å². The van der Waals surface area contributed by atoms with Crippen molar-refractivity contribution >= 4 is 15.9 Å². The van der Waals surface area contributed by atoms with Crippen molar-refractivity contribution in [1.82, 2.24) is 19.8 Å². The monoisotopic (exact) mass is 480 g/mol. The maximum atomic E-state index is 13.5. The average Bonchev–Trinajstić information content (AvgIpc) is 3.60. The number of aryl methyl sites for hydroxylation is 1. The zero-order chi connectivity index (χ0) is 23.7. The van der Waals surface area contributed by atoms with E-state index in [0.29, 0.717) is 61.2 Å². The minimum Gasteiger partial charge on any atom is -0.352 e. The molecule has 9 heteroatoms. The third-order valence-electron chi connectivity index (χ3n) is 6.57. The molecule has 0 unspecified atom stereocenters. The van der Waals surface area contributed by atoms with E-state index in [-0.39, 0.29) is 16.7 Å². The predicted octanol–water partition coefficient (Wildman–Crippen LogP) is 3.64. The lowest BCUT2D eigenvalue weighted by molar-refractivity contribution is -0.126. The fourth-order valence-electron chi connectivity index (χ4n) is 4.29. The van der Waals surface area contributed by atoms with Crippen LogP contribution in [0.15, 0.2) is 57.9 Å². The number of hydrogen-bond donors (Lipinski definition) is 1. The molecular formula is C25H28N4O4S. The van der Waals surface area contributed by atoms with Crippen molar-refractivity contribution in [3.05, 3.63) is 65.5 Å². The highest BCUT2D eigenvalue weighted by atomic mass is 32.2. The molecule has 1 aliphatic carbocycles. The molecule has 0 spiro atoms. The molecule has 0 bridgehead atoms. The van der Waals surface area contributed by atoms with Gasteiger partial charge in [0.25, 0.3) is 0 Å². The fourth-order valence-corrected chi connectivity index (χ4v) is 6.01. The Bertz CT molecular complexity index is 1280. The third kappa shape index (κ3) is 4.76.